The van der Waals surface area contributed by atoms with Gasteiger partial charge in [-0.3, -0.25) is 4.79 Å². The van der Waals surface area contributed by atoms with E-state index in [0.717, 1.165) is 16.7 Å². The molecule has 2 heteroatoms. The number of rotatable bonds is 4. The molecule has 0 aliphatic rings. The first-order valence-electron chi connectivity index (χ1n) is 6.00. The summed E-state index contributed by atoms with van der Waals surface area (Å²) in [5.74, 6) is -1.25. The minimum absolute atomic E-state index is 0.479. The Kier molecular flexibility index (Phi) is 3.78. The van der Waals surface area contributed by atoms with Gasteiger partial charge in [0.25, 0.3) is 0 Å². The van der Waals surface area contributed by atoms with Gasteiger partial charge in [0.1, 0.15) is 0 Å². The topological polar surface area (TPSA) is 37.3 Å². The van der Waals surface area contributed by atoms with E-state index in [4.69, 9.17) is 0 Å². The Morgan fingerprint density at radius 3 is 2.44 bits per heavy atom. The van der Waals surface area contributed by atoms with Gasteiger partial charge in [-0.25, -0.2) is 0 Å². The van der Waals surface area contributed by atoms with Crippen LogP contribution in [0.15, 0.2) is 54.6 Å². The maximum absolute atomic E-state index is 11.4. The number of hydrogen-bond acceptors (Lipinski definition) is 1. The van der Waals surface area contributed by atoms with Gasteiger partial charge in [0.2, 0.25) is 0 Å². The standard InChI is InChI=1S/C16H16O2/c1-12-6-5-7-13(10-12)11-15(16(17)18)14-8-3-2-4-9-14/h2-10,15H,11H2,1H3,(H,17,18). The van der Waals surface area contributed by atoms with Crippen LogP contribution >= 0.6 is 0 Å². The third-order valence-corrected chi connectivity index (χ3v) is 3.02. The highest BCUT2D eigenvalue weighted by Crippen LogP contribution is 2.21. The molecule has 0 fully saturated rings. The van der Waals surface area contributed by atoms with E-state index in [2.05, 4.69) is 0 Å². The quantitative estimate of drug-likeness (QED) is 0.889. The van der Waals surface area contributed by atoms with Crippen LogP contribution in [0.1, 0.15) is 22.6 Å². The minimum Gasteiger partial charge on any atom is -0.481 e. The van der Waals surface area contributed by atoms with Crippen molar-refractivity contribution < 1.29 is 9.90 Å². The minimum atomic E-state index is -0.775. The van der Waals surface area contributed by atoms with Crippen molar-refractivity contribution in [2.24, 2.45) is 0 Å². The predicted molar refractivity (Wildman–Crippen MR) is 71.7 cm³/mol. The number of carboxylic acid groups (broad SMARTS) is 1. The molecule has 1 atom stereocenters. The predicted octanol–water partition coefficient (Wildman–Crippen LogP) is 3.41. The maximum Gasteiger partial charge on any atom is 0.311 e. The molecule has 0 amide bonds. The molecule has 1 unspecified atom stereocenters. The van der Waals surface area contributed by atoms with Gasteiger partial charge in [0, 0.05) is 0 Å². The Morgan fingerprint density at radius 2 is 1.83 bits per heavy atom. The first kappa shape index (κ1) is 12.4. The molecule has 2 aromatic carbocycles. The number of benzene rings is 2. The van der Waals surface area contributed by atoms with Gasteiger partial charge in [0.05, 0.1) is 5.92 Å². The molecule has 0 heterocycles. The second-order valence-corrected chi connectivity index (χ2v) is 4.49. The fraction of sp³-hybridized carbons (Fsp3) is 0.188. The van der Waals surface area contributed by atoms with Gasteiger partial charge in [-0.2, -0.15) is 0 Å². The summed E-state index contributed by atoms with van der Waals surface area (Å²) in [6.07, 6.45) is 0.529. The van der Waals surface area contributed by atoms with Crippen LogP contribution in [0.5, 0.6) is 0 Å². The van der Waals surface area contributed by atoms with Crippen LogP contribution in [0.25, 0.3) is 0 Å². The first-order chi connectivity index (χ1) is 8.66. The van der Waals surface area contributed by atoms with E-state index in [1.165, 1.54) is 0 Å². The summed E-state index contributed by atoms with van der Waals surface area (Å²) in [6, 6.07) is 17.4. The van der Waals surface area contributed by atoms with Crippen LogP contribution in [0.3, 0.4) is 0 Å². The first-order valence-corrected chi connectivity index (χ1v) is 6.00. The van der Waals surface area contributed by atoms with Crippen molar-refractivity contribution in [2.75, 3.05) is 0 Å². The molecule has 18 heavy (non-hydrogen) atoms. The van der Waals surface area contributed by atoms with Crippen LogP contribution in [0.2, 0.25) is 0 Å². The highest BCUT2D eigenvalue weighted by atomic mass is 16.4. The number of aliphatic carboxylic acids is 1. The molecule has 2 nitrogen and oxygen atoms in total. The molecule has 0 aliphatic heterocycles. The molecular weight excluding hydrogens is 224 g/mol. The van der Waals surface area contributed by atoms with Gasteiger partial charge in [-0.15, -0.1) is 0 Å². The third-order valence-electron chi connectivity index (χ3n) is 3.02. The number of carbonyl (C=O) groups is 1. The Balaban J connectivity index is 2.25. The van der Waals surface area contributed by atoms with E-state index >= 15 is 0 Å². The highest BCUT2D eigenvalue weighted by Gasteiger charge is 2.19. The molecule has 2 aromatic rings. The van der Waals surface area contributed by atoms with Crippen LogP contribution in [-0.4, -0.2) is 11.1 Å². The van der Waals surface area contributed by atoms with Crippen LogP contribution in [0.4, 0.5) is 0 Å². The van der Waals surface area contributed by atoms with Crippen LogP contribution < -0.4 is 0 Å². The van der Waals surface area contributed by atoms with Crippen molar-refractivity contribution in [1.82, 2.24) is 0 Å². The second kappa shape index (κ2) is 5.50. The Bertz CT molecular complexity index is 532. The van der Waals surface area contributed by atoms with Crippen molar-refractivity contribution in [3.63, 3.8) is 0 Å². The fourth-order valence-corrected chi connectivity index (χ4v) is 2.11. The summed E-state index contributed by atoms with van der Waals surface area (Å²) in [7, 11) is 0. The second-order valence-electron chi connectivity index (χ2n) is 4.49. The zero-order valence-corrected chi connectivity index (χ0v) is 10.3. The molecule has 0 spiro atoms. The van der Waals surface area contributed by atoms with Gasteiger partial charge < -0.3 is 5.11 Å². The summed E-state index contributed by atoms with van der Waals surface area (Å²) in [4.78, 5) is 11.4. The van der Waals surface area contributed by atoms with Gasteiger partial charge in [-0.1, -0.05) is 60.2 Å². The van der Waals surface area contributed by atoms with Crippen molar-refractivity contribution in [2.45, 2.75) is 19.3 Å². The molecule has 1 N–H and O–H groups in total. The summed E-state index contributed by atoms with van der Waals surface area (Å²) >= 11 is 0. The average molecular weight is 240 g/mol. The number of carboxylic acids is 1. The molecule has 0 aromatic heterocycles. The van der Waals surface area contributed by atoms with E-state index in [9.17, 15) is 9.90 Å². The summed E-state index contributed by atoms with van der Waals surface area (Å²) in [5, 5.41) is 9.36. The van der Waals surface area contributed by atoms with E-state index < -0.39 is 11.9 Å². The van der Waals surface area contributed by atoms with E-state index in [1.54, 1.807) is 0 Å². The van der Waals surface area contributed by atoms with E-state index in [0.29, 0.717) is 6.42 Å². The van der Waals surface area contributed by atoms with Gasteiger partial charge >= 0.3 is 5.97 Å². The van der Waals surface area contributed by atoms with E-state index in [-0.39, 0.29) is 0 Å². The highest BCUT2D eigenvalue weighted by molar-refractivity contribution is 5.76. The lowest BCUT2D eigenvalue weighted by Gasteiger charge is -2.13. The lowest BCUT2D eigenvalue weighted by molar-refractivity contribution is -0.138. The fourth-order valence-electron chi connectivity index (χ4n) is 2.11. The van der Waals surface area contributed by atoms with Gasteiger partial charge in [0.15, 0.2) is 0 Å². The van der Waals surface area contributed by atoms with E-state index in [1.807, 2.05) is 61.5 Å². The number of hydrogen-bond donors (Lipinski definition) is 1. The lowest BCUT2D eigenvalue weighted by atomic mass is 9.91. The van der Waals surface area contributed by atoms with Crippen molar-refractivity contribution >= 4 is 5.97 Å². The largest absolute Gasteiger partial charge is 0.481 e. The normalized spacial score (nSPS) is 12.1. The molecule has 0 aliphatic carbocycles. The van der Waals surface area contributed by atoms with Crippen LogP contribution in [0, 0.1) is 6.92 Å². The molecule has 92 valence electrons. The van der Waals surface area contributed by atoms with Crippen molar-refractivity contribution in [3.05, 3.63) is 71.3 Å². The Labute approximate surface area is 107 Å². The summed E-state index contributed by atoms with van der Waals surface area (Å²) in [6.45, 7) is 2.02. The Morgan fingerprint density at radius 1 is 1.11 bits per heavy atom. The maximum atomic E-state index is 11.4. The monoisotopic (exact) mass is 240 g/mol. The molecule has 0 radical (unpaired) electrons. The summed E-state index contributed by atoms with van der Waals surface area (Å²) < 4.78 is 0. The molecule has 0 saturated carbocycles. The lowest BCUT2D eigenvalue weighted by Crippen LogP contribution is -2.14. The van der Waals surface area contributed by atoms with Gasteiger partial charge in [-0.05, 0) is 24.5 Å². The zero-order valence-electron chi connectivity index (χ0n) is 10.3. The zero-order chi connectivity index (χ0) is 13.0. The molecule has 0 bridgehead atoms. The smallest absolute Gasteiger partial charge is 0.311 e. The molecule has 0 saturated heterocycles. The summed E-state index contributed by atoms with van der Waals surface area (Å²) in [5.41, 5.74) is 3.07. The SMILES string of the molecule is Cc1cccc(CC(C(=O)O)c2ccccc2)c1. The van der Waals surface area contributed by atoms with Crippen molar-refractivity contribution in [3.8, 4) is 0 Å². The third kappa shape index (κ3) is 2.98. The molecule has 2 rings (SSSR count). The van der Waals surface area contributed by atoms with Crippen molar-refractivity contribution in [1.29, 1.82) is 0 Å². The Hall–Kier alpha value is -2.09. The number of aryl methyl sites for hydroxylation is 1. The molecular formula is C16H16O2. The average Bonchev–Trinajstić information content (AvgIpc) is 2.37. The van der Waals surface area contributed by atoms with Crippen LogP contribution in [-0.2, 0) is 11.2 Å².